The lowest BCUT2D eigenvalue weighted by Gasteiger charge is -2.45. The highest BCUT2D eigenvalue weighted by molar-refractivity contribution is 6.02. The van der Waals surface area contributed by atoms with Gasteiger partial charge in [0.1, 0.15) is 11.2 Å². The Bertz CT molecular complexity index is 1210. The van der Waals surface area contributed by atoms with E-state index in [2.05, 4.69) is 48.5 Å². The number of rotatable bonds is 8. The number of hydrogen-bond acceptors (Lipinski definition) is 4. The fourth-order valence-electron chi connectivity index (χ4n) is 5.84. The molecule has 7 heteroatoms. The van der Waals surface area contributed by atoms with Crippen LogP contribution in [0.1, 0.15) is 62.0 Å². The average molecular weight is 491 g/mol. The Hall–Kier alpha value is -3.06. The molecule has 0 spiro atoms. The van der Waals surface area contributed by atoms with Crippen LogP contribution >= 0.6 is 0 Å². The third-order valence-corrected chi connectivity index (χ3v) is 8.11. The summed E-state index contributed by atoms with van der Waals surface area (Å²) in [6, 6.07) is 14.3. The van der Waals surface area contributed by atoms with Crippen LogP contribution in [-0.2, 0) is 17.9 Å². The van der Waals surface area contributed by atoms with Gasteiger partial charge in [0.25, 0.3) is 5.91 Å². The van der Waals surface area contributed by atoms with Crippen molar-refractivity contribution in [3.8, 4) is 0 Å². The number of nitrogens with one attached hydrogen (secondary N) is 1. The molecule has 0 radical (unpaired) electrons. The van der Waals surface area contributed by atoms with Gasteiger partial charge in [-0.2, -0.15) is 0 Å². The number of carbonyl (C=O) groups is 2. The first-order valence-corrected chi connectivity index (χ1v) is 13.3. The average Bonchev–Trinajstić information content (AvgIpc) is 3.46. The molecule has 2 aliphatic rings. The summed E-state index contributed by atoms with van der Waals surface area (Å²) < 4.78 is 7.54. The molecular weight excluding hydrogens is 452 g/mol. The van der Waals surface area contributed by atoms with E-state index in [9.17, 15) is 9.59 Å². The van der Waals surface area contributed by atoms with Gasteiger partial charge in [-0.05, 0) is 64.1 Å². The van der Waals surface area contributed by atoms with E-state index in [4.69, 9.17) is 4.42 Å². The molecule has 2 aromatic heterocycles. The highest BCUT2D eigenvalue weighted by atomic mass is 16.3. The second kappa shape index (κ2) is 10.1. The Morgan fingerprint density at radius 3 is 2.67 bits per heavy atom. The molecule has 0 bridgehead atoms. The van der Waals surface area contributed by atoms with Crippen molar-refractivity contribution in [2.24, 2.45) is 5.92 Å². The van der Waals surface area contributed by atoms with Crippen LogP contribution < -0.4 is 5.32 Å². The highest BCUT2D eigenvalue weighted by Gasteiger charge is 2.48. The third kappa shape index (κ3) is 4.81. The lowest BCUT2D eigenvalue weighted by Crippen LogP contribution is -2.65. The van der Waals surface area contributed by atoms with Gasteiger partial charge in [-0.1, -0.05) is 37.3 Å². The molecule has 5 rings (SSSR count). The highest BCUT2D eigenvalue weighted by Crippen LogP contribution is 2.33. The van der Waals surface area contributed by atoms with Crippen molar-refractivity contribution in [2.75, 3.05) is 20.1 Å². The van der Waals surface area contributed by atoms with E-state index in [1.807, 2.05) is 29.7 Å². The zero-order valence-electron chi connectivity index (χ0n) is 21.7. The molecule has 0 saturated heterocycles. The maximum absolute atomic E-state index is 13.8. The van der Waals surface area contributed by atoms with E-state index in [1.54, 1.807) is 11.2 Å². The van der Waals surface area contributed by atoms with E-state index in [0.717, 1.165) is 50.7 Å². The van der Waals surface area contributed by atoms with Gasteiger partial charge in [0.15, 0.2) is 5.58 Å². The van der Waals surface area contributed by atoms with Crippen LogP contribution in [0.25, 0.3) is 11.1 Å². The molecule has 1 unspecified atom stereocenters. The molecule has 2 amide bonds. The van der Waals surface area contributed by atoms with Gasteiger partial charge in [0, 0.05) is 31.3 Å². The number of fused-ring (bicyclic) bond motifs is 3. The molecule has 36 heavy (non-hydrogen) atoms. The summed E-state index contributed by atoms with van der Waals surface area (Å²) in [5.41, 5.74) is 2.45. The van der Waals surface area contributed by atoms with Gasteiger partial charge < -0.3 is 24.1 Å². The van der Waals surface area contributed by atoms with Crippen molar-refractivity contribution < 1.29 is 14.0 Å². The van der Waals surface area contributed by atoms with Crippen LogP contribution in [-0.4, -0.2) is 57.9 Å². The van der Waals surface area contributed by atoms with Crippen LogP contribution in [0.5, 0.6) is 0 Å². The predicted molar refractivity (Wildman–Crippen MR) is 141 cm³/mol. The van der Waals surface area contributed by atoms with Crippen molar-refractivity contribution in [1.82, 2.24) is 19.7 Å². The van der Waals surface area contributed by atoms with Crippen molar-refractivity contribution in [1.29, 1.82) is 0 Å². The first-order chi connectivity index (χ1) is 17.3. The van der Waals surface area contributed by atoms with Gasteiger partial charge in [0.05, 0.1) is 18.3 Å². The van der Waals surface area contributed by atoms with Gasteiger partial charge >= 0.3 is 0 Å². The standard InChI is InChI=1S/C29H38N4O3/c1-21-10-12-23(13-11-21)30-28(35)29(2)20-32-24-14-17-36-26(24)18-25(32)27(34)33(29)16-7-15-31(3)19-22-8-5-4-6-9-22/h4-6,8-9,14,17-18,21,23H,7,10-13,15-16,19-20H2,1-3H3,(H,30,35). The topological polar surface area (TPSA) is 70.7 Å². The Kier molecular flexibility index (Phi) is 6.93. The number of benzene rings is 1. The monoisotopic (exact) mass is 490 g/mol. The van der Waals surface area contributed by atoms with E-state index < -0.39 is 5.54 Å². The van der Waals surface area contributed by atoms with Gasteiger partial charge in [-0.25, -0.2) is 0 Å². The molecule has 1 saturated carbocycles. The van der Waals surface area contributed by atoms with Crippen molar-refractivity contribution >= 4 is 22.9 Å². The number of hydrogen-bond donors (Lipinski definition) is 1. The predicted octanol–water partition coefficient (Wildman–Crippen LogP) is 4.67. The SMILES string of the molecule is CC1CCC(NC(=O)C2(C)Cn3c(cc4occc43)C(=O)N2CCCN(C)Cc2ccccc2)CC1. The van der Waals surface area contributed by atoms with Crippen molar-refractivity contribution in [3.63, 3.8) is 0 Å². The normalized spacial score (nSPS) is 24.3. The number of carbonyl (C=O) groups excluding carboxylic acids is 2. The first-order valence-electron chi connectivity index (χ1n) is 13.3. The van der Waals surface area contributed by atoms with E-state index in [1.165, 1.54) is 5.56 Å². The molecule has 1 aliphatic heterocycles. The minimum absolute atomic E-state index is 0.0518. The molecule has 1 aromatic carbocycles. The molecule has 7 nitrogen and oxygen atoms in total. The molecule has 3 heterocycles. The van der Waals surface area contributed by atoms with Crippen LogP contribution in [0.15, 0.2) is 53.1 Å². The Balaban J connectivity index is 1.33. The maximum Gasteiger partial charge on any atom is 0.271 e. The lowest BCUT2D eigenvalue weighted by atomic mass is 9.86. The summed E-state index contributed by atoms with van der Waals surface area (Å²) in [6.07, 6.45) is 6.70. The second-order valence-corrected chi connectivity index (χ2v) is 11.0. The molecule has 3 aromatic rings. The Morgan fingerprint density at radius 2 is 1.92 bits per heavy atom. The maximum atomic E-state index is 13.8. The first kappa shape index (κ1) is 24.6. The molecule has 192 valence electrons. The van der Waals surface area contributed by atoms with Crippen LogP contribution in [0.3, 0.4) is 0 Å². The zero-order chi connectivity index (χ0) is 25.3. The fraction of sp³-hybridized carbons (Fsp3) is 0.517. The van der Waals surface area contributed by atoms with Crippen molar-refractivity contribution in [3.05, 3.63) is 60.0 Å². The van der Waals surface area contributed by atoms with Crippen LogP contribution in [0.2, 0.25) is 0 Å². The number of furan rings is 1. The number of amides is 2. The van der Waals surface area contributed by atoms with E-state index in [-0.39, 0.29) is 17.9 Å². The summed E-state index contributed by atoms with van der Waals surface area (Å²) in [5, 5.41) is 3.32. The lowest BCUT2D eigenvalue weighted by molar-refractivity contribution is -0.133. The smallest absolute Gasteiger partial charge is 0.271 e. The molecular formula is C29H38N4O3. The van der Waals surface area contributed by atoms with Crippen LogP contribution in [0.4, 0.5) is 0 Å². The van der Waals surface area contributed by atoms with Gasteiger partial charge in [-0.3, -0.25) is 9.59 Å². The number of aromatic nitrogens is 1. The zero-order valence-corrected chi connectivity index (χ0v) is 21.7. The minimum Gasteiger partial charge on any atom is -0.463 e. The molecule has 1 atom stereocenters. The molecule has 1 aliphatic carbocycles. The summed E-state index contributed by atoms with van der Waals surface area (Å²) in [5.74, 6) is 0.559. The summed E-state index contributed by atoms with van der Waals surface area (Å²) in [7, 11) is 2.10. The number of nitrogens with zero attached hydrogens (tertiary/aromatic N) is 3. The molecule has 1 N–H and O–H groups in total. The molecule has 1 fully saturated rings. The third-order valence-electron chi connectivity index (χ3n) is 8.11. The van der Waals surface area contributed by atoms with Gasteiger partial charge in [0.2, 0.25) is 5.91 Å². The van der Waals surface area contributed by atoms with E-state index >= 15 is 0 Å². The second-order valence-electron chi connectivity index (χ2n) is 11.0. The largest absolute Gasteiger partial charge is 0.463 e. The fourth-order valence-corrected chi connectivity index (χ4v) is 5.84. The quantitative estimate of drug-likeness (QED) is 0.498. The minimum atomic E-state index is -0.964. The summed E-state index contributed by atoms with van der Waals surface area (Å²) >= 11 is 0. The Morgan fingerprint density at radius 1 is 1.17 bits per heavy atom. The van der Waals surface area contributed by atoms with Crippen molar-refractivity contribution in [2.45, 2.75) is 70.6 Å². The Labute approximate surface area is 213 Å². The summed E-state index contributed by atoms with van der Waals surface area (Å²) in [4.78, 5) is 31.7. The van der Waals surface area contributed by atoms with E-state index in [0.29, 0.717) is 30.3 Å². The van der Waals surface area contributed by atoms with Gasteiger partial charge in [-0.15, -0.1) is 0 Å². The van der Waals surface area contributed by atoms with Crippen LogP contribution in [0, 0.1) is 5.92 Å². The summed E-state index contributed by atoms with van der Waals surface area (Å²) in [6.45, 7) is 6.84.